The smallest absolute Gasteiger partial charge is 0.182 e. The topological polar surface area (TPSA) is 33.9 Å². The Morgan fingerprint density at radius 1 is 1.36 bits per heavy atom. The summed E-state index contributed by atoms with van der Waals surface area (Å²) in [5.41, 5.74) is 2.95. The second kappa shape index (κ2) is 3.44. The van der Waals surface area contributed by atoms with Gasteiger partial charge in [0.1, 0.15) is 0 Å². The lowest BCUT2D eigenvalue weighted by Gasteiger charge is -2.08. The molecule has 2 aromatic rings. The fraction of sp³-hybridized carbons (Fsp3) is 0.273. The molecule has 0 saturated carbocycles. The summed E-state index contributed by atoms with van der Waals surface area (Å²) in [5, 5.41) is 9.61. The van der Waals surface area contributed by atoms with Gasteiger partial charge in [-0.25, -0.2) is 0 Å². The van der Waals surface area contributed by atoms with Gasteiger partial charge in [0.25, 0.3) is 0 Å². The standard InChI is InChI=1S/C11H13NO2/c1-8-4-3-6-12-7-5-9(10(8)12)11(13)14-2/h3-7,11,13H,1-2H3. The van der Waals surface area contributed by atoms with Crippen LogP contribution >= 0.6 is 0 Å². The third-order valence-corrected chi connectivity index (χ3v) is 2.40. The molecule has 0 aromatic carbocycles. The molecular formula is C11H13NO2. The van der Waals surface area contributed by atoms with Gasteiger partial charge in [0.15, 0.2) is 6.29 Å². The fourth-order valence-electron chi connectivity index (χ4n) is 1.70. The second-order valence-corrected chi connectivity index (χ2v) is 3.31. The van der Waals surface area contributed by atoms with Crippen LogP contribution < -0.4 is 0 Å². The van der Waals surface area contributed by atoms with E-state index in [0.717, 1.165) is 16.6 Å². The molecule has 0 aliphatic heterocycles. The maximum absolute atomic E-state index is 9.61. The predicted octanol–water partition coefficient (Wildman–Crippen LogP) is 1.89. The molecule has 0 aliphatic rings. The summed E-state index contributed by atoms with van der Waals surface area (Å²) < 4.78 is 6.88. The van der Waals surface area contributed by atoms with Crippen molar-refractivity contribution in [2.75, 3.05) is 7.11 Å². The zero-order valence-electron chi connectivity index (χ0n) is 8.27. The van der Waals surface area contributed by atoms with Gasteiger partial charge in [0, 0.05) is 25.1 Å². The van der Waals surface area contributed by atoms with E-state index in [1.54, 1.807) is 0 Å². The van der Waals surface area contributed by atoms with Gasteiger partial charge in [0.2, 0.25) is 0 Å². The number of rotatable bonds is 2. The molecule has 14 heavy (non-hydrogen) atoms. The van der Waals surface area contributed by atoms with E-state index in [2.05, 4.69) is 0 Å². The molecule has 2 rings (SSSR count). The monoisotopic (exact) mass is 191 g/mol. The van der Waals surface area contributed by atoms with Gasteiger partial charge in [-0.1, -0.05) is 6.07 Å². The summed E-state index contributed by atoms with van der Waals surface area (Å²) >= 11 is 0. The largest absolute Gasteiger partial charge is 0.364 e. The highest BCUT2D eigenvalue weighted by atomic mass is 16.6. The molecule has 1 atom stereocenters. The Morgan fingerprint density at radius 3 is 2.86 bits per heavy atom. The fourth-order valence-corrected chi connectivity index (χ4v) is 1.70. The highest BCUT2D eigenvalue weighted by Crippen LogP contribution is 2.23. The zero-order valence-corrected chi connectivity index (χ0v) is 8.27. The molecule has 1 unspecified atom stereocenters. The number of pyridine rings is 1. The van der Waals surface area contributed by atoms with Crippen LogP contribution in [0, 0.1) is 6.92 Å². The third-order valence-electron chi connectivity index (χ3n) is 2.40. The molecule has 0 amide bonds. The van der Waals surface area contributed by atoms with Crippen LogP contribution in [0.15, 0.2) is 30.6 Å². The normalized spacial score (nSPS) is 13.4. The zero-order chi connectivity index (χ0) is 10.1. The number of ether oxygens (including phenoxy) is 1. The van der Waals surface area contributed by atoms with Gasteiger partial charge in [-0.3, -0.25) is 0 Å². The number of nitrogens with zero attached hydrogens (tertiary/aromatic N) is 1. The third kappa shape index (κ3) is 1.31. The second-order valence-electron chi connectivity index (χ2n) is 3.31. The van der Waals surface area contributed by atoms with Crippen LogP contribution in [-0.2, 0) is 4.74 Å². The molecule has 1 N–H and O–H groups in total. The molecular weight excluding hydrogens is 178 g/mol. The lowest BCUT2D eigenvalue weighted by atomic mass is 10.2. The Hall–Kier alpha value is -1.32. The van der Waals surface area contributed by atoms with Crippen molar-refractivity contribution in [1.82, 2.24) is 4.40 Å². The Balaban J connectivity index is 2.67. The van der Waals surface area contributed by atoms with E-state index in [1.807, 2.05) is 41.9 Å². The molecule has 2 heterocycles. The first-order valence-corrected chi connectivity index (χ1v) is 4.51. The summed E-state index contributed by atoms with van der Waals surface area (Å²) in [6.07, 6.45) is 3.02. The number of aromatic nitrogens is 1. The van der Waals surface area contributed by atoms with Crippen molar-refractivity contribution >= 4 is 5.52 Å². The first-order chi connectivity index (χ1) is 6.74. The number of aliphatic hydroxyl groups excluding tert-OH is 1. The molecule has 74 valence electrons. The van der Waals surface area contributed by atoms with Crippen molar-refractivity contribution in [3.8, 4) is 0 Å². The van der Waals surface area contributed by atoms with Gasteiger partial charge in [-0.15, -0.1) is 0 Å². The maximum atomic E-state index is 9.61. The minimum Gasteiger partial charge on any atom is -0.364 e. The van der Waals surface area contributed by atoms with E-state index < -0.39 is 6.29 Å². The highest BCUT2D eigenvalue weighted by molar-refractivity contribution is 5.61. The van der Waals surface area contributed by atoms with Gasteiger partial charge >= 0.3 is 0 Å². The van der Waals surface area contributed by atoms with E-state index in [9.17, 15) is 5.11 Å². The number of aliphatic hydroxyl groups is 1. The Morgan fingerprint density at radius 2 is 2.14 bits per heavy atom. The quantitative estimate of drug-likeness (QED) is 0.735. The summed E-state index contributed by atoms with van der Waals surface area (Å²) in [6.45, 7) is 2.02. The van der Waals surface area contributed by atoms with Crippen LogP contribution in [-0.4, -0.2) is 16.6 Å². The van der Waals surface area contributed by atoms with E-state index in [-0.39, 0.29) is 0 Å². The van der Waals surface area contributed by atoms with Crippen LogP contribution in [0.2, 0.25) is 0 Å². The number of hydrogen-bond acceptors (Lipinski definition) is 2. The van der Waals surface area contributed by atoms with Gasteiger partial charge in [0.05, 0.1) is 5.52 Å². The number of methoxy groups -OCH3 is 1. The first-order valence-electron chi connectivity index (χ1n) is 4.51. The molecule has 0 aliphatic carbocycles. The van der Waals surface area contributed by atoms with Crippen molar-refractivity contribution in [2.24, 2.45) is 0 Å². The summed E-state index contributed by atoms with van der Waals surface area (Å²) in [7, 11) is 1.49. The van der Waals surface area contributed by atoms with Crippen molar-refractivity contribution in [3.63, 3.8) is 0 Å². The van der Waals surface area contributed by atoms with Crippen molar-refractivity contribution in [3.05, 3.63) is 41.7 Å². The van der Waals surface area contributed by atoms with Crippen molar-refractivity contribution < 1.29 is 9.84 Å². The van der Waals surface area contributed by atoms with Crippen LogP contribution in [0.4, 0.5) is 0 Å². The molecule has 3 nitrogen and oxygen atoms in total. The van der Waals surface area contributed by atoms with Crippen LogP contribution in [0.1, 0.15) is 17.4 Å². The number of fused-ring (bicyclic) bond motifs is 1. The lowest BCUT2D eigenvalue weighted by Crippen LogP contribution is -1.99. The minimum absolute atomic E-state index is 0.811. The number of hydrogen-bond donors (Lipinski definition) is 1. The Kier molecular flexibility index (Phi) is 2.27. The van der Waals surface area contributed by atoms with E-state index >= 15 is 0 Å². The van der Waals surface area contributed by atoms with Gasteiger partial charge in [-0.05, 0) is 24.6 Å². The molecule has 0 saturated heterocycles. The lowest BCUT2D eigenvalue weighted by molar-refractivity contribution is -0.0758. The van der Waals surface area contributed by atoms with Crippen molar-refractivity contribution in [2.45, 2.75) is 13.2 Å². The first kappa shape index (κ1) is 9.24. The molecule has 0 fully saturated rings. The average molecular weight is 191 g/mol. The van der Waals surface area contributed by atoms with Crippen LogP contribution in [0.3, 0.4) is 0 Å². The maximum Gasteiger partial charge on any atom is 0.182 e. The summed E-state index contributed by atoms with van der Waals surface area (Å²) in [4.78, 5) is 0. The van der Waals surface area contributed by atoms with Crippen molar-refractivity contribution in [1.29, 1.82) is 0 Å². The molecule has 2 aromatic heterocycles. The SMILES string of the molecule is COC(O)c1ccn2cccc(C)c12. The van der Waals surface area contributed by atoms with Gasteiger partial charge in [-0.2, -0.15) is 0 Å². The van der Waals surface area contributed by atoms with E-state index in [0.29, 0.717) is 0 Å². The Bertz CT molecular complexity index is 447. The molecule has 3 heteroatoms. The summed E-state index contributed by atoms with van der Waals surface area (Å²) in [5.74, 6) is 0. The molecule has 0 bridgehead atoms. The average Bonchev–Trinajstić information content (AvgIpc) is 2.62. The predicted molar refractivity (Wildman–Crippen MR) is 54.1 cm³/mol. The summed E-state index contributed by atoms with van der Waals surface area (Å²) in [6, 6.07) is 5.86. The Labute approximate surface area is 82.6 Å². The highest BCUT2D eigenvalue weighted by Gasteiger charge is 2.12. The molecule has 0 radical (unpaired) electrons. The van der Waals surface area contributed by atoms with Crippen LogP contribution in [0.25, 0.3) is 5.52 Å². The molecule has 0 spiro atoms. The van der Waals surface area contributed by atoms with Gasteiger partial charge < -0.3 is 14.2 Å². The van der Waals surface area contributed by atoms with E-state index in [4.69, 9.17) is 4.74 Å². The minimum atomic E-state index is -0.846. The van der Waals surface area contributed by atoms with E-state index in [1.165, 1.54) is 7.11 Å². The number of aryl methyl sites for hydroxylation is 1. The van der Waals surface area contributed by atoms with Crippen LogP contribution in [0.5, 0.6) is 0 Å².